The topological polar surface area (TPSA) is 34.1 Å². The summed E-state index contributed by atoms with van der Waals surface area (Å²) in [5.74, 6) is 0. The van der Waals surface area contributed by atoms with Crippen LogP contribution in [0, 0.1) is 27.7 Å². The van der Waals surface area contributed by atoms with Gasteiger partial charge in [-0.05, 0) is 44.4 Å². The summed E-state index contributed by atoms with van der Waals surface area (Å²) in [4.78, 5) is 12.6. The van der Waals surface area contributed by atoms with Gasteiger partial charge in [-0.15, -0.1) is 0 Å². The minimum Gasteiger partial charge on any atom is -0.313 e. The predicted octanol–water partition coefficient (Wildman–Crippen LogP) is 3.95. The van der Waals surface area contributed by atoms with Gasteiger partial charge < -0.3 is 4.57 Å². The molecule has 0 aliphatic carbocycles. The Morgan fingerprint density at radius 1 is 0.900 bits per heavy atom. The van der Waals surface area contributed by atoms with Crippen LogP contribution in [0.1, 0.15) is 32.6 Å². The maximum Gasteiger partial charge on any atom is 0.223 e. The highest BCUT2D eigenvalue weighted by atomic mass is 31.1. The summed E-state index contributed by atoms with van der Waals surface area (Å²) in [6.07, 6.45) is 0. The van der Waals surface area contributed by atoms with E-state index in [1.807, 2.05) is 58.0 Å². The lowest BCUT2D eigenvalue weighted by molar-refractivity contribution is 0.107. The largest absolute Gasteiger partial charge is 0.313 e. The second kappa shape index (κ2) is 5.76. The van der Waals surface area contributed by atoms with Crippen molar-refractivity contribution >= 4 is 18.6 Å². The quantitative estimate of drug-likeness (QED) is 0.801. The zero-order valence-corrected chi connectivity index (χ0v) is 13.3. The first-order valence-corrected chi connectivity index (χ1v) is 8.05. The van der Waals surface area contributed by atoms with E-state index < -0.39 is 7.80 Å². The Labute approximate surface area is 120 Å². The number of carbonyl (C=O) groups excluding carboxylic acids is 1. The van der Waals surface area contributed by atoms with Crippen molar-refractivity contribution in [3.8, 4) is 0 Å². The first-order chi connectivity index (χ1) is 9.41. The van der Waals surface area contributed by atoms with Gasteiger partial charge in [0.2, 0.25) is 5.52 Å². The summed E-state index contributed by atoms with van der Waals surface area (Å²) < 4.78 is 12.6. The third-order valence-corrected chi connectivity index (χ3v) is 5.21. The Kier molecular flexibility index (Phi) is 4.25. The van der Waals surface area contributed by atoms with E-state index in [1.54, 1.807) is 6.07 Å². The van der Waals surface area contributed by atoms with Gasteiger partial charge in [0.05, 0.1) is 0 Å². The summed E-state index contributed by atoms with van der Waals surface area (Å²) in [6, 6.07) is 11.3. The number of hydrogen-bond acceptors (Lipinski definition) is 2. The molecule has 0 bridgehead atoms. The minimum atomic E-state index is -2.47. The van der Waals surface area contributed by atoms with Gasteiger partial charge in [0.15, 0.2) is 7.80 Å². The van der Waals surface area contributed by atoms with Gasteiger partial charge in [-0.3, -0.25) is 4.79 Å². The van der Waals surface area contributed by atoms with Gasteiger partial charge in [0.1, 0.15) is 0 Å². The third-order valence-electron chi connectivity index (χ3n) is 3.50. The SMILES string of the molecule is Cc1cc(C)c(C(=O)[PH](=O)c2ccccc2C)c(C)c1. The molecular weight excluding hydrogens is 267 g/mol. The monoisotopic (exact) mass is 286 g/mol. The lowest BCUT2D eigenvalue weighted by Crippen LogP contribution is -2.09. The Balaban J connectivity index is 2.48. The number of aryl methyl sites for hydroxylation is 4. The molecule has 0 heterocycles. The summed E-state index contributed by atoms with van der Waals surface area (Å²) >= 11 is 0. The molecule has 3 heteroatoms. The molecule has 2 rings (SSSR count). The molecule has 1 unspecified atom stereocenters. The summed E-state index contributed by atoms with van der Waals surface area (Å²) in [6.45, 7) is 7.69. The average Bonchev–Trinajstić information content (AvgIpc) is 2.37. The van der Waals surface area contributed by atoms with Crippen LogP contribution in [-0.4, -0.2) is 5.52 Å². The maximum atomic E-state index is 12.6. The molecule has 2 nitrogen and oxygen atoms in total. The van der Waals surface area contributed by atoms with Gasteiger partial charge in [-0.2, -0.15) is 0 Å². The van der Waals surface area contributed by atoms with E-state index in [0.717, 1.165) is 22.3 Å². The molecule has 0 fully saturated rings. The van der Waals surface area contributed by atoms with Crippen LogP contribution in [0.4, 0.5) is 0 Å². The van der Waals surface area contributed by atoms with Gasteiger partial charge in [-0.25, -0.2) is 0 Å². The van der Waals surface area contributed by atoms with E-state index in [0.29, 0.717) is 10.9 Å². The summed E-state index contributed by atoms with van der Waals surface area (Å²) in [5, 5.41) is 0.668. The Bertz CT molecular complexity index is 679. The fourth-order valence-corrected chi connectivity index (χ4v) is 4.16. The standard InChI is InChI=1S/C17H19O2P/c1-11-9-13(3)16(14(4)10-11)17(18)20(19)15-8-6-5-7-12(15)2/h5-10,20H,1-4H3. The van der Waals surface area contributed by atoms with Crippen LogP contribution >= 0.6 is 7.80 Å². The van der Waals surface area contributed by atoms with Crippen LogP contribution in [0.5, 0.6) is 0 Å². The zero-order valence-electron chi connectivity index (χ0n) is 12.3. The van der Waals surface area contributed by atoms with Crippen LogP contribution in [0.3, 0.4) is 0 Å². The van der Waals surface area contributed by atoms with Gasteiger partial charge in [0, 0.05) is 10.9 Å². The van der Waals surface area contributed by atoms with Crippen molar-refractivity contribution in [3.05, 3.63) is 64.2 Å². The molecule has 0 amide bonds. The highest BCUT2D eigenvalue weighted by Crippen LogP contribution is 2.31. The lowest BCUT2D eigenvalue weighted by atomic mass is 10.0. The maximum absolute atomic E-state index is 12.6. The lowest BCUT2D eigenvalue weighted by Gasteiger charge is -2.11. The van der Waals surface area contributed by atoms with Crippen molar-refractivity contribution in [2.75, 3.05) is 0 Å². The molecule has 0 saturated carbocycles. The molecule has 0 radical (unpaired) electrons. The molecule has 0 aromatic heterocycles. The second-order valence-electron chi connectivity index (χ2n) is 5.25. The third kappa shape index (κ3) is 2.76. The molecule has 104 valence electrons. The van der Waals surface area contributed by atoms with Gasteiger partial charge >= 0.3 is 0 Å². The number of benzene rings is 2. The normalized spacial score (nSPS) is 12.2. The predicted molar refractivity (Wildman–Crippen MR) is 84.8 cm³/mol. The molecular formula is C17H19O2P. The Morgan fingerprint density at radius 3 is 2.00 bits per heavy atom. The molecule has 0 spiro atoms. The molecule has 2 aromatic rings. The number of hydrogen-bond donors (Lipinski definition) is 0. The van der Waals surface area contributed by atoms with Crippen LogP contribution in [0.2, 0.25) is 0 Å². The number of rotatable bonds is 3. The smallest absolute Gasteiger partial charge is 0.223 e. The molecule has 0 N–H and O–H groups in total. The second-order valence-corrected chi connectivity index (χ2v) is 6.90. The molecule has 0 saturated heterocycles. The molecule has 20 heavy (non-hydrogen) atoms. The summed E-state index contributed by atoms with van der Waals surface area (Å²) in [5.41, 5.74) is 4.21. The van der Waals surface area contributed by atoms with E-state index in [1.165, 1.54) is 0 Å². The zero-order chi connectivity index (χ0) is 14.9. The minimum absolute atomic E-state index is 0.237. The summed E-state index contributed by atoms with van der Waals surface area (Å²) in [7, 11) is -2.47. The average molecular weight is 286 g/mol. The van der Waals surface area contributed by atoms with Crippen LogP contribution in [0.15, 0.2) is 36.4 Å². The Hall–Kier alpha value is -1.66. The van der Waals surface area contributed by atoms with Crippen LogP contribution < -0.4 is 5.30 Å². The van der Waals surface area contributed by atoms with Crippen LogP contribution in [-0.2, 0) is 4.57 Å². The first kappa shape index (κ1) is 14.7. The van der Waals surface area contributed by atoms with E-state index in [9.17, 15) is 9.36 Å². The van der Waals surface area contributed by atoms with E-state index in [-0.39, 0.29) is 5.52 Å². The van der Waals surface area contributed by atoms with E-state index >= 15 is 0 Å². The van der Waals surface area contributed by atoms with Gasteiger partial charge in [-0.1, -0.05) is 42.0 Å². The fraction of sp³-hybridized carbons (Fsp3) is 0.235. The highest BCUT2D eigenvalue weighted by molar-refractivity contribution is 7.71. The van der Waals surface area contributed by atoms with Crippen LogP contribution in [0.25, 0.3) is 0 Å². The van der Waals surface area contributed by atoms with Gasteiger partial charge in [0.25, 0.3) is 0 Å². The van der Waals surface area contributed by atoms with Crippen molar-refractivity contribution in [2.24, 2.45) is 0 Å². The van der Waals surface area contributed by atoms with E-state index in [4.69, 9.17) is 0 Å². The van der Waals surface area contributed by atoms with E-state index in [2.05, 4.69) is 0 Å². The van der Waals surface area contributed by atoms with Crippen molar-refractivity contribution in [2.45, 2.75) is 27.7 Å². The molecule has 1 atom stereocenters. The first-order valence-electron chi connectivity index (χ1n) is 6.64. The molecule has 0 aliphatic heterocycles. The highest BCUT2D eigenvalue weighted by Gasteiger charge is 2.21. The van der Waals surface area contributed by atoms with Crippen molar-refractivity contribution in [1.82, 2.24) is 0 Å². The number of carbonyl (C=O) groups is 1. The van der Waals surface area contributed by atoms with Crippen molar-refractivity contribution in [3.63, 3.8) is 0 Å². The molecule has 0 aliphatic rings. The fourth-order valence-electron chi connectivity index (χ4n) is 2.60. The van der Waals surface area contributed by atoms with Crippen molar-refractivity contribution < 1.29 is 9.36 Å². The Morgan fingerprint density at radius 2 is 1.45 bits per heavy atom. The van der Waals surface area contributed by atoms with Crippen molar-refractivity contribution in [1.29, 1.82) is 0 Å². The molecule has 2 aromatic carbocycles.